The zero-order chi connectivity index (χ0) is 20.8. The Morgan fingerprint density at radius 1 is 1.28 bits per heavy atom. The number of benzene rings is 1. The number of carbonyl (C=O) groups is 1. The van der Waals surface area contributed by atoms with Gasteiger partial charge in [0.25, 0.3) is 5.91 Å². The predicted octanol–water partition coefficient (Wildman–Crippen LogP) is 3.49. The Balaban J connectivity index is 1.94. The molecule has 1 aromatic heterocycles. The lowest BCUT2D eigenvalue weighted by atomic mass is 10.0. The van der Waals surface area contributed by atoms with E-state index in [4.69, 9.17) is 4.74 Å². The first-order valence-electron chi connectivity index (χ1n) is 10.3. The maximum atomic E-state index is 12.8. The molecule has 156 valence electrons. The molecule has 6 heteroatoms. The average molecular weight is 398 g/mol. The van der Waals surface area contributed by atoms with Gasteiger partial charge in [0.2, 0.25) is 0 Å². The lowest BCUT2D eigenvalue weighted by molar-refractivity contribution is 0.0908. The molecule has 0 bridgehead atoms. The molecule has 3 rings (SSSR count). The van der Waals surface area contributed by atoms with E-state index < -0.39 is 0 Å². The van der Waals surface area contributed by atoms with Crippen molar-refractivity contribution < 1.29 is 14.6 Å². The molecule has 2 N–H and O–H groups in total. The van der Waals surface area contributed by atoms with E-state index in [1.165, 1.54) is 0 Å². The number of ether oxygens (including phenoxy) is 1. The summed E-state index contributed by atoms with van der Waals surface area (Å²) < 4.78 is 5.38. The van der Waals surface area contributed by atoms with Gasteiger partial charge in [-0.3, -0.25) is 4.79 Å². The summed E-state index contributed by atoms with van der Waals surface area (Å²) in [5, 5.41) is 12.5. The van der Waals surface area contributed by atoms with Gasteiger partial charge in [-0.25, -0.2) is 4.98 Å². The monoisotopic (exact) mass is 397 g/mol. The third-order valence-electron chi connectivity index (χ3n) is 5.23. The number of pyridine rings is 1. The van der Waals surface area contributed by atoms with Crippen molar-refractivity contribution in [3.63, 3.8) is 0 Å². The fourth-order valence-corrected chi connectivity index (χ4v) is 3.78. The van der Waals surface area contributed by atoms with Crippen LogP contribution in [-0.4, -0.2) is 48.8 Å². The van der Waals surface area contributed by atoms with Crippen LogP contribution in [0.4, 0.5) is 5.82 Å². The van der Waals surface area contributed by atoms with Crippen LogP contribution in [0.1, 0.15) is 43.5 Å². The van der Waals surface area contributed by atoms with Gasteiger partial charge in [0.1, 0.15) is 11.6 Å². The molecule has 0 spiro atoms. The van der Waals surface area contributed by atoms with Crippen LogP contribution < -0.4 is 15.0 Å². The molecule has 1 aliphatic rings. The van der Waals surface area contributed by atoms with E-state index in [2.05, 4.69) is 29.0 Å². The van der Waals surface area contributed by atoms with Crippen LogP contribution in [0.2, 0.25) is 0 Å². The molecule has 0 unspecified atom stereocenters. The summed E-state index contributed by atoms with van der Waals surface area (Å²) in [4.78, 5) is 19.8. The van der Waals surface area contributed by atoms with Crippen molar-refractivity contribution in [2.24, 2.45) is 5.92 Å². The molecule has 0 saturated carbocycles. The van der Waals surface area contributed by atoms with Crippen molar-refractivity contribution in [2.45, 2.75) is 39.2 Å². The minimum Gasteiger partial charge on any atom is -0.497 e. The first-order chi connectivity index (χ1) is 14.0. The number of rotatable bonds is 8. The van der Waals surface area contributed by atoms with Crippen molar-refractivity contribution in [1.82, 2.24) is 10.3 Å². The van der Waals surface area contributed by atoms with E-state index in [0.29, 0.717) is 11.5 Å². The molecule has 1 saturated heterocycles. The molecule has 2 aromatic rings. The van der Waals surface area contributed by atoms with Gasteiger partial charge in [-0.05, 0) is 48.9 Å². The highest BCUT2D eigenvalue weighted by Gasteiger charge is 2.21. The molecule has 2 heterocycles. The molecular formula is C23H31N3O3. The normalized spacial score (nSPS) is 14.9. The zero-order valence-electron chi connectivity index (χ0n) is 17.5. The quantitative estimate of drug-likeness (QED) is 0.713. The van der Waals surface area contributed by atoms with Crippen LogP contribution in [0.3, 0.4) is 0 Å². The molecule has 0 aliphatic carbocycles. The molecule has 1 aromatic carbocycles. The van der Waals surface area contributed by atoms with Crippen LogP contribution in [-0.2, 0) is 0 Å². The third kappa shape index (κ3) is 5.26. The van der Waals surface area contributed by atoms with E-state index in [9.17, 15) is 9.90 Å². The fourth-order valence-electron chi connectivity index (χ4n) is 3.78. The second-order valence-electron chi connectivity index (χ2n) is 8.00. The van der Waals surface area contributed by atoms with Crippen molar-refractivity contribution in [3.8, 4) is 16.9 Å². The average Bonchev–Trinajstić information content (AvgIpc) is 3.27. The molecule has 1 fully saturated rings. The summed E-state index contributed by atoms with van der Waals surface area (Å²) in [5.41, 5.74) is 2.38. The number of methoxy groups -OCH3 is 1. The Morgan fingerprint density at radius 3 is 2.69 bits per heavy atom. The molecule has 0 radical (unpaired) electrons. The number of hydrogen-bond acceptors (Lipinski definition) is 5. The number of nitrogens with one attached hydrogen (secondary N) is 1. The Kier molecular flexibility index (Phi) is 7.09. The Hall–Kier alpha value is -2.60. The summed E-state index contributed by atoms with van der Waals surface area (Å²) in [6.45, 7) is 6.00. The first-order valence-corrected chi connectivity index (χ1v) is 10.3. The van der Waals surface area contributed by atoms with Gasteiger partial charge in [-0.1, -0.05) is 26.0 Å². The van der Waals surface area contributed by atoms with E-state index in [-0.39, 0.29) is 18.6 Å². The molecule has 1 atom stereocenters. The standard InChI is InChI=1S/C23H31N3O3/c1-16(2)11-19(15-27)25-23(28)18-13-21(17-7-6-8-20(12-17)29-3)22(24-14-18)26-9-4-5-10-26/h6-8,12-14,16,19,27H,4-5,9-11,15H2,1-3H3,(H,25,28)/t19-/m0/s1. The third-order valence-corrected chi connectivity index (χ3v) is 5.23. The summed E-state index contributed by atoms with van der Waals surface area (Å²) >= 11 is 0. The van der Waals surface area contributed by atoms with Crippen molar-refractivity contribution in [1.29, 1.82) is 0 Å². The van der Waals surface area contributed by atoms with Gasteiger partial charge < -0.3 is 20.1 Å². The lowest BCUT2D eigenvalue weighted by Crippen LogP contribution is -2.38. The Bertz CT molecular complexity index is 832. The number of carbonyl (C=O) groups excluding carboxylic acids is 1. The smallest absolute Gasteiger partial charge is 0.253 e. The molecule has 6 nitrogen and oxygen atoms in total. The van der Waals surface area contributed by atoms with E-state index in [0.717, 1.165) is 55.0 Å². The van der Waals surface area contributed by atoms with Gasteiger partial charge in [0.15, 0.2) is 0 Å². The highest BCUT2D eigenvalue weighted by atomic mass is 16.5. The summed E-state index contributed by atoms with van der Waals surface area (Å²) in [6.07, 6.45) is 4.66. The van der Waals surface area contributed by atoms with Crippen LogP contribution >= 0.6 is 0 Å². The predicted molar refractivity (Wildman–Crippen MR) is 115 cm³/mol. The summed E-state index contributed by atoms with van der Waals surface area (Å²) in [6, 6.07) is 9.46. The van der Waals surface area contributed by atoms with E-state index in [1.807, 2.05) is 30.3 Å². The van der Waals surface area contributed by atoms with Crippen LogP contribution in [0.5, 0.6) is 5.75 Å². The summed E-state index contributed by atoms with van der Waals surface area (Å²) in [7, 11) is 1.65. The second-order valence-corrected chi connectivity index (χ2v) is 8.00. The van der Waals surface area contributed by atoms with Gasteiger partial charge in [-0.15, -0.1) is 0 Å². The molecule has 1 amide bonds. The van der Waals surface area contributed by atoms with Gasteiger partial charge in [-0.2, -0.15) is 0 Å². The van der Waals surface area contributed by atoms with Crippen molar-refractivity contribution in [2.75, 3.05) is 31.7 Å². The van der Waals surface area contributed by atoms with Gasteiger partial charge in [0.05, 0.1) is 25.3 Å². The fraction of sp³-hybridized carbons (Fsp3) is 0.478. The van der Waals surface area contributed by atoms with Crippen molar-refractivity contribution in [3.05, 3.63) is 42.1 Å². The van der Waals surface area contributed by atoms with Crippen LogP contribution in [0.15, 0.2) is 36.5 Å². The first kappa shape index (κ1) is 21.1. The van der Waals surface area contributed by atoms with E-state index in [1.54, 1.807) is 13.3 Å². The molecule has 1 aliphatic heterocycles. The Morgan fingerprint density at radius 2 is 2.03 bits per heavy atom. The Labute approximate surface area is 172 Å². The van der Waals surface area contributed by atoms with Gasteiger partial charge in [0, 0.05) is 24.8 Å². The number of nitrogens with zero attached hydrogens (tertiary/aromatic N) is 2. The van der Waals surface area contributed by atoms with Crippen LogP contribution in [0, 0.1) is 5.92 Å². The van der Waals surface area contributed by atoms with Crippen molar-refractivity contribution >= 4 is 11.7 Å². The number of hydrogen-bond donors (Lipinski definition) is 2. The molecule has 29 heavy (non-hydrogen) atoms. The maximum Gasteiger partial charge on any atom is 0.253 e. The lowest BCUT2D eigenvalue weighted by Gasteiger charge is -2.22. The largest absolute Gasteiger partial charge is 0.497 e. The summed E-state index contributed by atoms with van der Waals surface area (Å²) in [5.74, 6) is 1.83. The highest BCUT2D eigenvalue weighted by molar-refractivity contribution is 5.96. The number of amides is 1. The zero-order valence-corrected chi connectivity index (χ0v) is 17.5. The molecular weight excluding hydrogens is 366 g/mol. The topological polar surface area (TPSA) is 74.7 Å². The van der Waals surface area contributed by atoms with Crippen LogP contribution in [0.25, 0.3) is 11.1 Å². The highest BCUT2D eigenvalue weighted by Crippen LogP contribution is 2.33. The number of anilines is 1. The SMILES string of the molecule is COc1cccc(-c2cc(C(=O)N[C@H](CO)CC(C)C)cnc2N2CCCC2)c1. The maximum absolute atomic E-state index is 12.8. The number of aromatic nitrogens is 1. The minimum absolute atomic E-state index is 0.0774. The number of aliphatic hydroxyl groups excluding tert-OH is 1. The van der Waals surface area contributed by atoms with Gasteiger partial charge >= 0.3 is 0 Å². The van der Waals surface area contributed by atoms with E-state index >= 15 is 0 Å². The number of aliphatic hydroxyl groups is 1. The minimum atomic E-state index is -0.263. The second kappa shape index (κ2) is 9.74.